The number of sulfonamides is 1. The molecule has 0 fully saturated rings. The maximum absolute atomic E-state index is 12.2. The Morgan fingerprint density at radius 2 is 1.90 bits per heavy atom. The van der Waals surface area contributed by atoms with Crippen LogP contribution in [0.2, 0.25) is 0 Å². The summed E-state index contributed by atoms with van der Waals surface area (Å²) in [6, 6.07) is 7.06. The van der Waals surface area contributed by atoms with Crippen LogP contribution >= 0.6 is 11.3 Å². The van der Waals surface area contributed by atoms with E-state index >= 15 is 0 Å². The van der Waals surface area contributed by atoms with Crippen LogP contribution in [-0.4, -0.2) is 19.9 Å². The minimum atomic E-state index is -3.43. The molecule has 1 aromatic carbocycles. The Morgan fingerprint density at radius 1 is 1.24 bits per heavy atom. The lowest BCUT2D eigenvalue weighted by Gasteiger charge is -2.08. The van der Waals surface area contributed by atoms with Crippen molar-refractivity contribution >= 4 is 21.4 Å². The smallest absolute Gasteiger partial charge is 0.240 e. The fourth-order valence-electron chi connectivity index (χ4n) is 1.94. The number of nitrogens with one attached hydrogen (secondary N) is 1. The first-order valence-corrected chi connectivity index (χ1v) is 9.19. The van der Waals surface area contributed by atoms with E-state index in [-0.39, 0.29) is 0 Å². The first kappa shape index (κ1) is 16.1. The molecule has 4 nitrogen and oxygen atoms in total. The van der Waals surface area contributed by atoms with Crippen LogP contribution in [0.1, 0.15) is 35.2 Å². The van der Waals surface area contributed by atoms with Gasteiger partial charge >= 0.3 is 0 Å². The van der Waals surface area contributed by atoms with E-state index < -0.39 is 10.0 Å². The van der Waals surface area contributed by atoms with Crippen LogP contribution in [0.5, 0.6) is 0 Å². The van der Waals surface area contributed by atoms with E-state index in [1.165, 1.54) is 0 Å². The molecular formula is C15H20N2O2S2. The first-order chi connectivity index (χ1) is 9.88. The molecule has 0 aliphatic rings. The normalized spacial score (nSPS) is 12.0. The van der Waals surface area contributed by atoms with Crippen LogP contribution in [-0.2, 0) is 16.4 Å². The molecular weight excluding hydrogens is 304 g/mol. The molecule has 1 aromatic heterocycles. The quantitative estimate of drug-likeness (QED) is 0.888. The fraction of sp³-hybridized carbons (Fsp3) is 0.400. The van der Waals surface area contributed by atoms with Gasteiger partial charge < -0.3 is 0 Å². The van der Waals surface area contributed by atoms with Gasteiger partial charge in [-0.15, -0.1) is 11.3 Å². The number of thiazole rings is 1. The van der Waals surface area contributed by atoms with Crippen molar-refractivity contribution in [3.8, 4) is 0 Å². The fourth-order valence-corrected chi connectivity index (χ4v) is 3.77. The van der Waals surface area contributed by atoms with Gasteiger partial charge in [-0.25, -0.2) is 18.1 Å². The molecule has 2 aromatic rings. The van der Waals surface area contributed by atoms with Gasteiger partial charge in [0, 0.05) is 17.6 Å². The summed E-state index contributed by atoms with van der Waals surface area (Å²) in [5.74, 6) is 0.393. The van der Waals surface area contributed by atoms with E-state index in [9.17, 15) is 8.42 Å². The van der Waals surface area contributed by atoms with E-state index in [1.807, 2.05) is 19.1 Å². The van der Waals surface area contributed by atoms with Crippen molar-refractivity contribution in [2.75, 3.05) is 6.54 Å². The standard InChI is InChI=1S/C15H20N2O2S2/c1-11(2)13-4-6-15(7-5-13)21(18,19)17-9-8-14-10-16-12(3)20-14/h4-7,10-11,17H,8-9H2,1-3H3. The molecule has 6 heteroatoms. The molecule has 1 N–H and O–H groups in total. The molecule has 0 aliphatic carbocycles. The predicted octanol–water partition coefficient (Wildman–Crippen LogP) is 3.10. The molecule has 0 radical (unpaired) electrons. The Kier molecular flexibility index (Phi) is 5.13. The highest BCUT2D eigenvalue weighted by atomic mass is 32.2. The maximum atomic E-state index is 12.2. The molecule has 1 heterocycles. The monoisotopic (exact) mass is 324 g/mol. The van der Waals surface area contributed by atoms with Crippen LogP contribution in [0.15, 0.2) is 35.4 Å². The lowest BCUT2D eigenvalue weighted by molar-refractivity contribution is 0.581. The van der Waals surface area contributed by atoms with Gasteiger partial charge in [0.1, 0.15) is 0 Å². The van der Waals surface area contributed by atoms with Crippen molar-refractivity contribution < 1.29 is 8.42 Å². The summed E-state index contributed by atoms with van der Waals surface area (Å²) in [5.41, 5.74) is 1.13. The van der Waals surface area contributed by atoms with Crippen LogP contribution < -0.4 is 4.72 Å². The number of aryl methyl sites for hydroxylation is 1. The lowest BCUT2D eigenvalue weighted by atomic mass is 10.0. The molecule has 2 rings (SSSR count). The second-order valence-corrected chi connectivity index (χ2v) is 8.30. The van der Waals surface area contributed by atoms with Crippen LogP contribution in [0, 0.1) is 6.92 Å². The minimum absolute atomic E-state index is 0.312. The largest absolute Gasteiger partial charge is 0.250 e. The number of nitrogens with zero attached hydrogens (tertiary/aromatic N) is 1. The summed E-state index contributed by atoms with van der Waals surface area (Å²) in [7, 11) is -3.43. The van der Waals surface area contributed by atoms with E-state index in [0.29, 0.717) is 23.8 Å². The Bertz CT molecular complexity index is 689. The average Bonchev–Trinajstić information content (AvgIpc) is 2.84. The molecule has 0 aliphatic heterocycles. The highest BCUT2D eigenvalue weighted by molar-refractivity contribution is 7.89. The van der Waals surface area contributed by atoms with Gasteiger partial charge in [0.25, 0.3) is 0 Å². The van der Waals surface area contributed by atoms with Gasteiger partial charge in [-0.1, -0.05) is 26.0 Å². The van der Waals surface area contributed by atoms with Crippen molar-refractivity contribution in [1.82, 2.24) is 9.71 Å². The summed E-state index contributed by atoms with van der Waals surface area (Å²) in [6.45, 7) is 6.49. The van der Waals surface area contributed by atoms with Crippen molar-refractivity contribution in [2.24, 2.45) is 0 Å². The number of rotatable bonds is 6. The maximum Gasteiger partial charge on any atom is 0.240 e. The molecule has 0 saturated heterocycles. The first-order valence-electron chi connectivity index (χ1n) is 6.89. The SMILES string of the molecule is Cc1ncc(CCNS(=O)(=O)c2ccc(C(C)C)cc2)s1. The number of aromatic nitrogens is 1. The second-order valence-electron chi connectivity index (χ2n) is 5.22. The highest BCUT2D eigenvalue weighted by Crippen LogP contribution is 2.17. The summed E-state index contributed by atoms with van der Waals surface area (Å²) in [5, 5.41) is 0.997. The third-order valence-electron chi connectivity index (χ3n) is 3.19. The molecule has 0 saturated carbocycles. The van der Waals surface area contributed by atoms with Crippen molar-refractivity contribution in [2.45, 2.75) is 38.0 Å². The zero-order chi connectivity index (χ0) is 15.5. The van der Waals surface area contributed by atoms with Crippen molar-refractivity contribution in [3.63, 3.8) is 0 Å². The number of hydrogen-bond acceptors (Lipinski definition) is 4. The predicted molar refractivity (Wildman–Crippen MR) is 86.3 cm³/mol. The summed E-state index contributed by atoms with van der Waals surface area (Å²) in [4.78, 5) is 5.56. The van der Waals surface area contributed by atoms with Crippen LogP contribution in [0.4, 0.5) is 0 Å². The molecule has 0 atom stereocenters. The van der Waals surface area contributed by atoms with Gasteiger partial charge in [0.2, 0.25) is 10.0 Å². The Labute approximate surface area is 130 Å². The zero-order valence-electron chi connectivity index (χ0n) is 12.5. The zero-order valence-corrected chi connectivity index (χ0v) is 14.1. The molecule has 21 heavy (non-hydrogen) atoms. The Balaban J connectivity index is 1.97. The van der Waals surface area contributed by atoms with Gasteiger partial charge in [0.05, 0.1) is 9.90 Å². The molecule has 0 amide bonds. The summed E-state index contributed by atoms with van der Waals surface area (Å²) >= 11 is 1.59. The number of hydrogen-bond donors (Lipinski definition) is 1. The highest BCUT2D eigenvalue weighted by Gasteiger charge is 2.13. The third kappa shape index (κ3) is 4.36. The Morgan fingerprint density at radius 3 is 2.43 bits per heavy atom. The van der Waals surface area contributed by atoms with Gasteiger partial charge in [-0.3, -0.25) is 0 Å². The van der Waals surface area contributed by atoms with E-state index in [1.54, 1.807) is 29.7 Å². The Hall–Kier alpha value is -1.24. The van der Waals surface area contributed by atoms with Gasteiger partial charge in [0.15, 0.2) is 0 Å². The lowest BCUT2D eigenvalue weighted by Crippen LogP contribution is -2.25. The number of benzene rings is 1. The summed E-state index contributed by atoms with van der Waals surface area (Å²) in [6.07, 6.45) is 2.46. The third-order valence-corrected chi connectivity index (χ3v) is 5.64. The molecule has 0 spiro atoms. The van der Waals surface area contributed by atoms with E-state index in [4.69, 9.17) is 0 Å². The summed E-state index contributed by atoms with van der Waals surface area (Å²) < 4.78 is 27.0. The molecule has 0 unspecified atom stereocenters. The van der Waals surface area contributed by atoms with Gasteiger partial charge in [-0.05, 0) is 37.0 Å². The van der Waals surface area contributed by atoms with Crippen molar-refractivity contribution in [1.29, 1.82) is 0 Å². The van der Waals surface area contributed by atoms with Crippen LogP contribution in [0.25, 0.3) is 0 Å². The van der Waals surface area contributed by atoms with E-state index in [2.05, 4.69) is 23.6 Å². The molecule has 114 valence electrons. The van der Waals surface area contributed by atoms with Gasteiger partial charge in [-0.2, -0.15) is 0 Å². The van der Waals surface area contributed by atoms with Crippen LogP contribution in [0.3, 0.4) is 0 Å². The second kappa shape index (κ2) is 6.68. The topological polar surface area (TPSA) is 59.1 Å². The minimum Gasteiger partial charge on any atom is -0.250 e. The van der Waals surface area contributed by atoms with Crippen molar-refractivity contribution in [3.05, 3.63) is 45.9 Å². The molecule has 0 bridgehead atoms. The van der Waals surface area contributed by atoms with E-state index in [0.717, 1.165) is 15.4 Å². The average molecular weight is 324 g/mol.